The van der Waals surface area contributed by atoms with Crippen molar-refractivity contribution in [2.24, 2.45) is 11.5 Å². The van der Waals surface area contributed by atoms with Crippen LogP contribution in [-0.2, 0) is 4.74 Å². The predicted molar refractivity (Wildman–Crippen MR) is 180 cm³/mol. The maximum absolute atomic E-state index is 12.3. The van der Waals surface area contributed by atoms with Crippen molar-refractivity contribution in [2.45, 2.75) is 32.8 Å². The first kappa shape index (κ1) is 37.8. The van der Waals surface area contributed by atoms with E-state index < -0.39 is 38.6 Å². The van der Waals surface area contributed by atoms with E-state index in [0.29, 0.717) is 39.1 Å². The van der Waals surface area contributed by atoms with Gasteiger partial charge in [0.15, 0.2) is 11.4 Å². The van der Waals surface area contributed by atoms with Gasteiger partial charge in [0.25, 0.3) is 11.4 Å². The molecule has 0 bridgehead atoms. The maximum Gasteiger partial charge on any atom is 0.410 e. The van der Waals surface area contributed by atoms with Crippen LogP contribution in [0, 0.1) is 20.2 Å². The van der Waals surface area contributed by atoms with Crippen molar-refractivity contribution in [1.29, 1.82) is 0 Å². The van der Waals surface area contributed by atoms with Crippen LogP contribution in [-0.4, -0.2) is 103 Å². The summed E-state index contributed by atoms with van der Waals surface area (Å²) >= 11 is 0. The number of nitro groups is 2. The molecule has 0 atom stereocenters. The van der Waals surface area contributed by atoms with E-state index in [1.807, 2.05) is 20.8 Å². The number of ether oxygens (including phenoxy) is 3. The fraction of sp³-hybridized carbons (Fsp3) is 0.452. The lowest BCUT2D eigenvalue weighted by molar-refractivity contribution is -0.384. The Kier molecular flexibility index (Phi) is 13.1. The smallest absolute Gasteiger partial charge is 0.410 e. The van der Waals surface area contributed by atoms with E-state index in [9.17, 15) is 34.6 Å². The molecular weight excluding hydrogens is 644 g/mol. The van der Waals surface area contributed by atoms with Crippen LogP contribution in [0.3, 0.4) is 0 Å². The molecule has 0 aliphatic carbocycles. The second-order valence-corrected chi connectivity index (χ2v) is 11.9. The zero-order chi connectivity index (χ0) is 36.3. The molecule has 1 fully saturated rings. The molecular formula is C31H42N8O10. The lowest BCUT2D eigenvalue weighted by Gasteiger charge is -2.35. The number of hydrogen-bond donors (Lipinski definition) is 4. The standard InChI is InChI=1S/C31H42N8O10/c1-31(2,3)49-30(42)37-13-11-36(12-14-37)10-7-15-48-25-19-21(29(33)41)17-23(39(45)46)27(25)35-9-6-5-8-34-26-22(38(43)44)16-20(28(32)40)18-24(26)47-4/h5-6,16-19,34-35H,7-15H2,1-4H3,(H2,32,40)(H2,33,41)/b6-5+. The van der Waals surface area contributed by atoms with Crippen molar-refractivity contribution >= 4 is 40.7 Å². The van der Waals surface area contributed by atoms with E-state index in [-0.39, 0.29) is 59.8 Å². The first-order valence-corrected chi connectivity index (χ1v) is 15.4. The molecule has 2 aromatic rings. The lowest BCUT2D eigenvalue weighted by Crippen LogP contribution is -2.50. The Balaban J connectivity index is 1.62. The van der Waals surface area contributed by atoms with Gasteiger partial charge in [-0.25, -0.2) is 4.79 Å². The minimum absolute atomic E-state index is 0.0356. The topological polar surface area (TPSA) is 248 Å². The largest absolute Gasteiger partial charge is 0.494 e. The monoisotopic (exact) mass is 686 g/mol. The lowest BCUT2D eigenvalue weighted by atomic mass is 10.1. The molecule has 6 N–H and O–H groups in total. The molecule has 266 valence electrons. The molecule has 0 saturated carbocycles. The van der Waals surface area contributed by atoms with Gasteiger partial charge < -0.3 is 41.2 Å². The van der Waals surface area contributed by atoms with E-state index in [4.69, 9.17) is 25.7 Å². The zero-order valence-corrected chi connectivity index (χ0v) is 27.9. The molecule has 0 spiro atoms. The number of hydrogen-bond acceptors (Lipinski definition) is 13. The van der Waals surface area contributed by atoms with Crippen LogP contribution in [0.1, 0.15) is 47.9 Å². The van der Waals surface area contributed by atoms with Crippen molar-refractivity contribution < 1.29 is 38.4 Å². The van der Waals surface area contributed by atoms with Crippen LogP contribution in [0.2, 0.25) is 0 Å². The van der Waals surface area contributed by atoms with Crippen molar-refractivity contribution in [1.82, 2.24) is 9.80 Å². The Hall–Kier alpha value is -5.65. The highest BCUT2D eigenvalue weighted by atomic mass is 16.6. The number of nitrogens with two attached hydrogens (primary N) is 2. The quantitative estimate of drug-likeness (QED) is 0.0859. The van der Waals surface area contributed by atoms with Crippen LogP contribution in [0.15, 0.2) is 36.4 Å². The summed E-state index contributed by atoms with van der Waals surface area (Å²) in [5.74, 6) is -1.60. The number of nitrogens with zero attached hydrogens (tertiary/aromatic N) is 4. The van der Waals surface area contributed by atoms with Gasteiger partial charge in [-0.3, -0.25) is 34.7 Å². The summed E-state index contributed by atoms with van der Waals surface area (Å²) in [6.07, 6.45) is 3.45. The number of piperazine rings is 1. The predicted octanol–water partition coefficient (Wildman–Crippen LogP) is 3.11. The highest BCUT2D eigenvalue weighted by Gasteiger charge is 2.27. The van der Waals surface area contributed by atoms with E-state index in [2.05, 4.69) is 15.5 Å². The minimum Gasteiger partial charge on any atom is -0.494 e. The Morgan fingerprint density at radius 1 is 0.857 bits per heavy atom. The first-order chi connectivity index (χ1) is 23.1. The fourth-order valence-corrected chi connectivity index (χ4v) is 4.84. The third-order valence-electron chi connectivity index (χ3n) is 7.21. The number of nitrogens with one attached hydrogen (secondary N) is 2. The molecule has 0 radical (unpaired) electrons. The molecule has 1 aliphatic heterocycles. The third kappa shape index (κ3) is 11.0. The van der Waals surface area contributed by atoms with Crippen LogP contribution < -0.4 is 31.6 Å². The van der Waals surface area contributed by atoms with Crippen molar-refractivity contribution in [2.75, 3.05) is 70.2 Å². The van der Waals surface area contributed by atoms with Gasteiger partial charge in [-0.05, 0) is 39.3 Å². The van der Waals surface area contributed by atoms with Crippen LogP contribution >= 0.6 is 0 Å². The molecule has 1 heterocycles. The fourth-order valence-electron chi connectivity index (χ4n) is 4.84. The Bertz CT molecular complexity index is 1580. The molecule has 1 aliphatic rings. The van der Waals surface area contributed by atoms with E-state index in [0.717, 1.165) is 12.1 Å². The van der Waals surface area contributed by atoms with E-state index >= 15 is 0 Å². The molecule has 3 rings (SSSR count). The minimum atomic E-state index is -0.860. The van der Waals surface area contributed by atoms with Crippen LogP contribution in [0.25, 0.3) is 0 Å². The zero-order valence-electron chi connectivity index (χ0n) is 27.9. The molecule has 3 amide bonds. The summed E-state index contributed by atoms with van der Waals surface area (Å²) in [5, 5.41) is 29.4. The van der Waals surface area contributed by atoms with Gasteiger partial charge in [-0.2, -0.15) is 0 Å². The number of benzene rings is 2. The number of primary amides is 2. The van der Waals surface area contributed by atoms with E-state index in [1.54, 1.807) is 17.1 Å². The summed E-state index contributed by atoms with van der Waals surface area (Å²) in [5.41, 5.74) is 9.19. The highest BCUT2D eigenvalue weighted by Crippen LogP contribution is 2.37. The van der Waals surface area contributed by atoms with Crippen LogP contribution in [0.4, 0.5) is 27.5 Å². The molecule has 0 unspecified atom stereocenters. The van der Waals surface area contributed by atoms with Gasteiger partial charge in [0.2, 0.25) is 11.8 Å². The first-order valence-electron chi connectivity index (χ1n) is 15.4. The summed E-state index contributed by atoms with van der Waals surface area (Å²) in [6, 6.07) is 4.73. The molecule has 18 heteroatoms. The number of carbonyl (C=O) groups excluding carboxylic acids is 3. The molecule has 18 nitrogen and oxygen atoms in total. The van der Waals surface area contributed by atoms with Crippen molar-refractivity contribution in [3.05, 3.63) is 67.8 Å². The molecule has 0 aromatic heterocycles. The second kappa shape index (κ2) is 17.0. The van der Waals surface area contributed by atoms with Crippen LogP contribution in [0.5, 0.6) is 11.5 Å². The number of nitro benzene ring substituents is 2. The van der Waals surface area contributed by atoms with Gasteiger partial charge in [0.05, 0.1) is 23.6 Å². The van der Waals surface area contributed by atoms with Crippen molar-refractivity contribution in [3.8, 4) is 11.5 Å². The summed E-state index contributed by atoms with van der Waals surface area (Å²) in [6.45, 7) is 8.77. The number of amides is 3. The number of methoxy groups -OCH3 is 1. The average Bonchev–Trinajstić information content (AvgIpc) is 3.03. The van der Waals surface area contributed by atoms with Gasteiger partial charge in [-0.15, -0.1) is 0 Å². The van der Waals surface area contributed by atoms with Gasteiger partial charge in [0.1, 0.15) is 17.1 Å². The highest BCUT2D eigenvalue weighted by molar-refractivity contribution is 5.96. The summed E-state index contributed by atoms with van der Waals surface area (Å²) in [4.78, 5) is 61.9. The Morgan fingerprint density at radius 3 is 1.80 bits per heavy atom. The normalized spacial score (nSPS) is 13.5. The van der Waals surface area contributed by atoms with Gasteiger partial charge in [-0.1, -0.05) is 12.2 Å². The molecule has 49 heavy (non-hydrogen) atoms. The van der Waals surface area contributed by atoms with E-state index in [1.165, 1.54) is 19.2 Å². The summed E-state index contributed by atoms with van der Waals surface area (Å²) in [7, 11) is 1.29. The maximum atomic E-state index is 12.3. The molecule has 2 aromatic carbocycles. The number of carbonyl (C=O) groups is 3. The number of anilines is 2. The average molecular weight is 687 g/mol. The Labute approximate surface area is 282 Å². The third-order valence-corrected chi connectivity index (χ3v) is 7.21. The van der Waals surface area contributed by atoms with Gasteiger partial charge >= 0.3 is 6.09 Å². The molecule has 1 saturated heterocycles. The SMILES string of the molecule is COc1cc(C(N)=O)cc([N+](=O)[O-])c1NC/C=C/CNc1c(OCCCN2CCN(C(=O)OC(C)(C)C)CC2)cc(C(N)=O)cc1[N+](=O)[O-]. The Morgan fingerprint density at radius 2 is 1.35 bits per heavy atom. The number of rotatable bonds is 16. The second-order valence-electron chi connectivity index (χ2n) is 11.9. The van der Waals surface area contributed by atoms with Crippen molar-refractivity contribution in [3.63, 3.8) is 0 Å². The van der Waals surface area contributed by atoms with Gasteiger partial charge in [0, 0.05) is 69.1 Å². The summed E-state index contributed by atoms with van der Waals surface area (Å²) < 4.78 is 16.5.